The minimum absolute atomic E-state index is 0.190. The topological polar surface area (TPSA) is 65.3 Å². The van der Waals surface area contributed by atoms with Gasteiger partial charge in [0.2, 0.25) is 5.76 Å². The molecule has 0 spiro atoms. The second-order valence-corrected chi connectivity index (χ2v) is 7.89. The minimum atomic E-state index is -0.190. The molecule has 0 saturated carbocycles. The van der Waals surface area contributed by atoms with Gasteiger partial charge < -0.3 is 19.1 Å². The maximum absolute atomic E-state index is 13.2. The first kappa shape index (κ1) is 19.2. The maximum Gasteiger partial charge on any atom is 0.298 e. The number of thiazole rings is 1. The van der Waals surface area contributed by atoms with E-state index >= 15 is 0 Å². The SMILES string of the molecule is CCc1cccc2sc(N(CC[NH+]3CCOCC3)C(=O)C3=COCCO3)nc12. The summed E-state index contributed by atoms with van der Waals surface area (Å²) >= 11 is 1.55. The van der Waals surface area contributed by atoms with E-state index in [0.29, 0.717) is 24.9 Å². The molecule has 8 heteroatoms. The Morgan fingerprint density at radius 1 is 1.25 bits per heavy atom. The normalized spacial score (nSPS) is 17.7. The third kappa shape index (κ3) is 4.14. The molecule has 0 atom stereocenters. The van der Waals surface area contributed by atoms with Crippen molar-refractivity contribution in [2.24, 2.45) is 0 Å². The Morgan fingerprint density at radius 2 is 2.11 bits per heavy atom. The number of aryl methyl sites for hydroxylation is 1. The van der Waals surface area contributed by atoms with Crippen LogP contribution in [0.3, 0.4) is 0 Å². The Bertz CT molecular complexity index is 860. The fraction of sp³-hybridized carbons (Fsp3) is 0.500. The van der Waals surface area contributed by atoms with Crippen LogP contribution in [0.2, 0.25) is 0 Å². The summed E-state index contributed by atoms with van der Waals surface area (Å²) in [6.45, 7) is 7.87. The van der Waals surface area contributed by atoms with Crippen molar-refractivity contribution in [3.05, 3.63) is 35.8 Å². The van der Waals surface area contributed by atoms with Crippen molar-refractivity contribution in [1.82, 2.24) is 4.98 Å². The van der Waals surface area contributed by atoms with Crippen molar-refractivity contribution < 1.29 is 23.9 Å². The summed E-state index contributed by atoms with van der Waals surface area (Å²) in [7, 11) is 0. The van der Waals surface area contributed by atoms with Crippen LogP contribution in [0.4, 0.5) is 5.13 Å². The summed E-state index contributed by atoms with van der Waals surface area (Å²) < 4.78 is 17.4. The lowest BCUT2D eigenvalue weighted by Gasteiger charge is -2.27. The lowest BCUT2D eigenvalue weighted by atomic mass is 10.1. The van der Waals surface area contributed by atoms with Gasteiger partial charge >= 0.3 is 0 Å². The third-order valence-corrected chi connectivity index (χ3v) is 6.14. The van der Waals surface area contributed by atoms with E-state index in [0.717, 1.165) is 49.5 Å². The molecule has 0 radical (unpaired) electrons. The molecule has 0 aliphatic carbocycles. The number of morpholine rings is 1. The number of fused-ring (bicyclic) bond motifs is 1. The first-order valence-electron chi connectivity index (χ1n) is 9.82. The number of amides is 1. The molecule has 1 amide bonds. The van der Waals surface area contributed by atoms with Gasteiger partial charge in [0, 0.05) is 0 Å². The van der Waals surface area contributed by atoms with Gasteiger partial charge in [-0.25, -0.2) is 4.98 Å². The highest BCUT2D eigenvalue weighted by Gasteiger charge is 2.28. The van der Waals surface area contributed by atoms with Crippen LogP contribution in [0.15, 0.2) is 30.2 Å². The lowest BCUT2D eigenvalue weighted by molar-refractivity contribution is -0.906. The average molecular weight is 405 g/mol. The van der Waals surface area contributed by atoms with E-state index in [1.54, 1.807) is 16.2 Å². The number of nitrogens with zero attached hydrogens (tertiary/aromatic N) is 2. The van der Waals surface area contributed by atoms with Gasteiger partial charge in [0.15, 0.2) is 5.13 Å². The second-order valence-electron chi connectivity index (χ2n) is 6.88. The quantitative estimate of drug-likeness (QED) is 0.778. The average Bonchev–Trinajstić information content (AvgIpc) is 3.19. The van der Waals surface area contributed by atoms with Crippen LogP contribution in [-0.2, 0) is 25.4 Å². The van der Waals surface area contributed by atoms with Crippen molar-refractivity contribution in [1.29, 1.82) is 0 Å². The van der Waals surface area contributed by atoms with Gasteiger partial charge in [0.1, 0.15) is 32.6 Å². The molecule has 2 aliphatic heterocycles. The molecule has 1 saturated heterocycles. The minimum Gasteiger partial charge on any atom is -0.494 e. The summed E-state index contributed by atoms with van der Waals surface area (Å²) in [5.74, 6) is 0.0580. The van der Waals surface area contributed by atoms with Gasteiger partial charge in [-0.05, 0) is 18.1 Å². The zero-order valence-electron chi connectivity index (χ0n) is 16.1. The molecule has 1 aromatic heterocycles. The van der Waals surface area contributed by atoms with Crippen LogP contribution in [0, 0.1) is 0 Å². The third-order valence-electron chi connectivity index (χ3n) is 5.10. The number of quaternary nitrogens is 1. The van der Waals surface area contributed by atoms with Gasteiger partial charge in [-0.3, -0.25) is 9.69 Å². The molecule has 4 rings (SSSR count). The number of aromatic nitrogens is 1. The van der Waals surface area contributed by atoms with Crippen LogP contribution in [0.5, 0.6) is 0 Å². The van der Waals surface area contributed by atoms with Gasteiger partial charge in [-0.15, -0.1) is 0 Å². The number of carbonyl (C=O) groups is 1. The Morgan fingerprint density at radius 3 is 2.86 bits per heavy atom. The highest BCUT2D eigenvalue weighted by Crippen LogP contribution is 2.31. The highest BCUT2D eigenvalue weighted by molar-refractivity contribution is 7.22. The molecule has 1 N–H and O–H groups in total. The predicted molar refractivity (Wildman–Crippen MR) is 108 cm³/mol. The van der Waals surface area contributed by atoms with Gasteiger partial charge in [-0.2, -0.15) is 0 Å². The first-order valence-corrected chi connectivity index (χ1v) is 10.6. The number of anilines is 1. The van der Waals surface area contributed by atoms with Crippen LogP contribution in [0.25, 0.3) is 10.2 Å². The largest absolute Gasteiger partial charge is 0.494 e. The molecular weight excluding hydrogens is 378 g/mol. The zero-order valence-corrected chi connectivity index (χ0v) is 16.9. The van der Waals surface area contributed by atoms with E-state index in [-0.39, 0.29) is 11.7 Å². The second kappa shape index (κ2) is 8.89. The van der Waals surface area contributed by atoms with Crippen molar-refractivity contribution in [3.63, 3.8) is 0 Å². The summed E-state index contributed by atoms with van der Waals surface area (Å²) in [6, 6.07) is 6.20. The number of benzene rings is 1. The van der Waals surface area contributed by atoms with Crippen molar-refractivity contribution in [3.8, 4) is 0 Å². The van der Waals surface area contributed by atoms with Crippen molar-refractivity contribution in [2.45, 2.75) is 13.3 Å². The molecule has 2 aliphatic rings. The Kier molecular flexibility index (Phi) is 6.09. The maximum atomic E-state index is 13.2. The summed E-state index contributed by atoms with van der Waals surface area (Å²) in [5.41, 5.74) is 2.18. The highest BCUT2D eigenvalue weighted by atomic mass is 32.1. The summed E-state index contributed by atoms with van der Waals surface area (Å²) in [4.78, 5) is 21.2. The molecule has 2 aromatic rings. The number of carbonyl (C=O) groups excluding carboxylic acids is 1. The van der Waals surface area contributed by atoms with Gasteiger partial charge in [-0.1, -0.05) is 30.4 Å². The monoisotopic (exact) mass is 404 g/mol. The smallest absolute Gasteiger partial charge is 0.298 e. The molecule has 28 heavy (non-hydrogen) atoms. The first-order chi connectivity index (χ1) is 13.8. The van der Waals surface area contributed by atoms with Crippen LogP contribution in [0.1, 0.15) is 12.5 Å². The number of para-hydroxylation sites is 1. The molecule has 150 valence electrons. The van der Waals surface area contributed by atoms with E-state index in [1.165, 1.54) is 16.7 Å². The molecule has 1 aromatic carbocycles. The zero-order chi connectivity index (χ0) is 19.3. The number of hydrogen-bond acceptors (Lipinski definition) is 6. The number of hydrogen-bond donors (Lipinski definition) is 1. The van der Waals surface area contributed by atoms with E-state index < -0.39 is 0 Å². The molecule has 3 heterocycles. The van der Waals surface area contributed by atoms with Crippen molar-refractivity contribution in [2.75, 3.05) is 57.5 Å². The van der Waals surface area contributed by atoms with E-state index in [2.05, 4.69) is 19.1 Å². The van der Waals surface area contributed by atoms with Crippen LogP contribution >= 0.6 is 11.3 Å². The molecule has 0 unspecified atom stereocenters. The standard InChI is InChI=1S/C20H25N3O4S/c1-2-15-4-3-5-17-18(15)21-20(28-17)23(7-6-22-8-10-25-11-9-22)19(24)16-14-26-12-13-27-16/h3-5,14H,2,6-13H2,1H3/p+1. The number of nitrogens with one attached hydrogen (secondary N) is 1. The van der Waals surface area contributed by atoms with E-state index in [1.807, 2.05) is 6.07 Å². The van der Waals surface area contributed by atoms with Crippen LogP contribution < -0.4 is 9.80 Å². The summed E-state index contributed by atoms with van der Waals surface area (Å²) in [5, 5.41) is 0.712. The molecule has 7 nitrogen and oxygen atoms in total. The Hall–Kier alpha value is -2.16. The van der Waals surface area contributed by atoms with Crippen LogP contribution in [-0.4, -0.2) is 63.5 Å². The number of rotatable bonds is 6. The summed E-state index contributed by atoms with van der Waals surface area (Å²) in [6.07, 6.45) is 2.33. The number of ether oxygens (including phenoxy) is 3. The lowest BCUT2D eigenvalue weighted by Crippen LogP contribution is -3.14. The van der Waals surface area contributed by atoms with Gasteiger partial charge in [0.25, 0.3) is 5.91 Å². The Balaban J connectivity index is 1.61. The molecular formula is C20H26N3O4S+. The molecule has 1 fully saturated rings. The predicted octanol–water partition coefficient (Wildman–Crippen LogP) is 0.995. The fourth-order valence-electron chi connectivity index (χ4n) is 3.47. The van der Waals surface area contributed by atoms with Crippen molar-refractivity contribution >= 4 is 32.6 Å². The Labute approximate surface area is 168 Å². The van der Waals surface area contributed by atoms with E-state index in [4.69, 9.17) is 19.2 Å². The van der Waals surface area contributed by atoms with Gasteiger partial charge in [0.05, 0.1) is 36.5 Å². The molecule has 0 bridgehead atoms. The van der Waals surface area contributed by atoms with E-state index in [9.17, 15) is 4.79 Å². The fourth-order valence-corrected chi connectivity index (χ4v) is 4.51.